The first kappa shape index (κ1) is 14.5. The molecule has 6 heteroatoms. The maximum atomic E-state index is 11.2. The number of hydrogen-bond acceptors (Lipinski definition) is 4. The molecular weight excluding hydrogens is 284 g/mol. The normalized spacial score (nSPS) is 19.0. The zero-order valence-electron chi connectivity index (χ0n) is 11.1. The van der Waals surface area contributed by atoms with E-state index in [1.54, 1.807) is 18.2 Å². The monoisotopic (exact) mass is 300 g/mol. The van der Waals surface area contributed by atoms with Crippen LogP contribution < -0.4 is 4.90 Å². The summed E-state index contributed by atoms with van der Waals surface area (Å²) in [7, 11) is 0. The van der Waals surface area contributed by atoms with E-state index in [2.05, 4.69) is 18.7 Å². The largest absolute Gasteiger partial charge is 0.365 e. The standard InChI is InChI=1S/C13H17ClN2O2S/c1-13(2)6-7-15(8-9-19-13)11-5-3-4-10(14)12(11)16(17)18/h3-5H,6-9H2,1-2H3. The lowest BCUT2D eigenvalue weighted by Gasteiger charge is -2.24. The van der Waals surface area contributed by atoms with Gasteiger partial charge in [0.05, 0.1) is 4.92 Å². The summed E-state index contributed by atoms with van der Waals surface area (Å²) in [6.45, 7) is 6.07. The minimum Gasteiger partial charge on any atom is -0.365 e. The van der Waals surface area contributed by atoms with Gasteiger partial charge in [0, 0.05) is 23.6 Å². The molecule has 0 atom stereocenters. The molecule has 0 radical (unpaired) electrons. The molecule has 1 aromatic carbocycles. The van der Waals surface area contributed by atoms with Gasteiger partial charge in [-0.1, -0.05) is 31.5 Å². The Morgan fingerprint density at radius 2 is 2.16 bits per heavy atom. The Bertz CT molecular complexity index is 494. The first-order chi connectivity index (χ1) is 8.91. The van der Waals surface area contributed by atoms with E-state index in [1.165, 1.54) is 0 Å². The van der Waals surface area contributed by atoms with Gasteiger partial charge in [-0.25, -0.2) is 0 Å². The molecule has 1 fully saturated rings. The van der Waals surface area contributed by atoms with Gasteiger partial charge in [-0.05, 0) is 18.6 Å². The van der Waals surface area contributed by atoms with Gasteiger partial charge in [-0.3, -0.25) is 10.1 Å². The summed E-state index contributed by atoms with van der Waals surface area (Å²) in [6.07, 6.45) is 1.00. The molecule has 0 aliphatic carbocycles. The van der Waals surface area contributed by atoms with Crippen LogP contribution in [0.1, 0.15) is 20.3 Å². The molecule has 0 saturated carbocycles. The number of thioether (sulfide) groups is 1. The molecule has 0 spiro atoms. The fraction of sp³-hybridized carbons (Fsp3) is 0.538. The molecule has 104 valence electrons. The van der Waals surface area contributed by atoms with Crippen molar-refractivity contribution >= 4 is 34.7 Å². The van der Waals surface area contributed by atoms with Crippen LogP contribution in [0, 0.1) is 10.1 Å². The van der Waals surface area contributed by atoms with Crippen LogP contribution in [-0.4, -0.2) is 28.5 Å². The molecule has 1 aliphatic rings. The van der Waals surface area contributed by atoms with Crippen LogP contribution in [0.5, 0.6) is 0 Å². The van der Waals surface area contributed by atoms with Crippen LogP contribution in [0.15, 0.2) is 18.2 Å². The van der Waals surface area contributed by atoms with Crippen molar-refractivity contribution in [3.63, 3.8) is 0 Å². The molecule has 1 aliphatic heterocycles. The summed E-state index contributed by atoms with van der Waals surface area (Å²) < 4.78 is 0.224. The third kappa shape index (κ3) is 3.34. The van der Waals surface area contributed by atoms with E-state index in [0.29, 0.717) is 5.69 Å². The van der Waals surface area contributed by atoms with Crippen molar-refractivity contribution in [2.45, 2.75) is 25.0 Å². The lowest BCUT2D eigenvalue weighted by atomic mass is 10.1. The van der Waals surface area contributed by atoms with Crippen LogP contribution in [0.4, 0.5) is 11.4 Å². The van der Waals surface area contributed by atoms with Crippen LogP contribution in [0.25, 0.3) is 0 Å². The Hall–Kier alpha value is -0.940. The average Bonchev–Trinajstić information content (AvgIpc) is 2.49. The molecule has 19 heavy (non-hydrogen) atoms. The Balaban J connectivity index is 2.32. The van der Waals surface area contributed by atoms with Gasteiger partial charge >= 0.3 is 5.69 Å². The van der Waals surface area contributed by atoms with Crippen LogP contribution >= 0.6 is 23.4 Å². The van der Waals surface area contributed by atoms with Crippen molar-refractivity contribution in [1.82, 2.24) is 0 Å². The SMILES string of the molecule is CC1(C)CCN(c2cccc(Cl)c2[N+](=O)[O-])CCS1. The zero-order chi connectivity index (χ0) is 14.0. The van der Waals surface area contributed by atoms with Gasteiger partial charge in [0.2, 0.25) is 0 Å². The number of rotatable bonds is 2. The number of nitro benzene ring substituents is 1. The van der Waals surface area contributed by atoms with E-state index in [4.69, 9.17) is 11.6 Å². The van der Waals surface area contributed by atoms with Gasteiger partial charge in [0.1, 0.15) is 10.7 Å². The van der Waals surface area contributed by atoms with Gasteiger partial charge in [-0.15, -0.1) is 0 Å². The Labute approximate surface area is 122 Å². The summed E-state index contributed by atoms with van der Waals surface area (Å²) in [6, 6.07) is 5.13. The molecule has 0 amide bonds. The molecule has 0 aromatic heterocycles. The topological polar surface area (TPSA) is 46.4 Å². The highest BCUT2D eigenvalue weighted by atomic mass is 35.5. The lowest BCUT2D eigenvalue weighted by Crippen LogP contribution is -2.27. The number of nitro groups is 1. The smallest absolute Gasteiger partial charge is 0.310 e. The quantitative estimate of drug-likeness (QED) is 0.612. The minimum atomic E-state index is -0.388. The number of nitrogens with zero attached hydrogens (tertiary/aromatic N) is 2. The van der Waals surface area contributed by atoms with E-state index < -0.39 is 0 Å². The van der Waals surface area contributed by atoms with E-state index in [0.717, 1.165) is 25.3 Å². The Kier molecular flexibility index (Phi) is 4.26. The van der Waals surface area contributed by atoms with Gasteiger partial charge < -0.3 is 4.90 Å². The number of hydrogen-bond donors (Lipinski definition) is 0. The van der Waals surface area contributed by atoms with Crippen molar-refractivity contribution < 1.29 is 4.92 Å². The molecule has 2 rings (SSSR count). The first-order valence-corrected chi connectivity index (χ1v) is 7.59. The summed E-state index contributed by atoms with van der Waals surface area (Å²) >= 11 is 7.88. The van der Waals surface area contributed by atoms with E-state index in [1.807, 2.05) is 11.8 Å². The van der Waals surface area contributed by atoms with Crippen LogP contribution in [0.3, 0.4) is 0 Å². The number of benzene rings is 1. The van der Waals surface area contributed by atoms with E-state index in [9.17, 15) is 10.1 Å². The van der Waals surface area contributed by atoms with Gasteiger partial charge in [-0.2, -0.15) is 11.8 Å². The Morgan fingerprint density at radius 1 is 1.42 bits per heavy atom. The van der Waals surface area contributed by atoms with Crippen molar-refractivity contribution in [3.05, 3.63) is 33.3 Å². The second-order valence-electron chi connectivity index (χ2n) is 5.21. The molecule has 1 heterocycles. The summed E-state index contributed by atoms with van der Waals surface area (Å²) in [5.41, 5.74) is 0.657. The second-order valence-corrected chi connectivity index (χ2v) is 7.42. The molecule has 1 saturated heterocycles. The molecule has 0 unspecified atom stereocenters. The first-order valence-electron chi connectivity index (χ1n) is 6.22. The second kappa shape index (κ2) is 5.59. The third-order valence-corrected chi connectivity index (χ3v) is 5.00. The van der Waals surface area contributed by atoms with Crippen LogP contribution in [-0.2, 0) is 0 Å². The fourth-order valence-corrected chi connectivity index (χ4v) is 3.54. The number of halogens is 1. The third-order valence-electron chi connectivity index (χ3n) is 3.33. The molecular formula is C13H17ClN2O2S. The van der Waals surface area contributed by atoms with Crippen LogP contribution in [0.2, 0.25) is 5.02 Å². The molecule has 1 aromatic rings. The summed E-state index contributed by atoms with van der Waals surface area (Å²) in [5, 5.41) is 11.4. The Morgan fingerprint density at radius 3 is 2.84 bits per heavy atom. The van der Waals surface area contributed by atoms with Gasteiger partial charge in [0.15, 0.2) is 0 Å². The highest BCUT2D eigenvalue weighted by molar-refractivity contribution is 8.00. The zero-order valence-corrected chi connectivity index (χ0v) is 12.6. The van der Waals surface area contributed by atoms with Gasteiger partial charge in [0.25, 0.3) is 0 Å². The molecule has 4 nitrogen and oxygen atoms in total. The van der Waals surface area contributed by atoms with Crippen molar-refractivity contribution in [2.75, 3.05) is 23.7 Å². The maximum absolute atomic E-state index is 11.2. The number of para-hydroxylation sites is 1. The number of anilines is 1. The maximum Gasteiger partial charge on any atom is 0.310 e. The van der Waals surface area contributed by atoms with Crippen molar-refractivity contribution in [1.29, 1.82) is 0 Å². The molecule has 0 bridgehead atoms. The van der Waals surface area contributed by atoms with E-state index in [-0.39, 0.29) is 20.4 Å². The predicted molar refractivity (Wildman–Crippen MR) is 81.5 cm³/mol. The summed E-state index contributed by atoms with van der Waals surface area (Å²) in [4.78, 5) is 12.9. The molecule has 0 N–H and O–H groups in total. The minimum absolute atomic E-state index is 0.0221. The van der Waals surface area contributed by atoms with E-state index >= 15 is 0 Å². The summed E-state index contributed by atoms with van der Waals surface area (Å²) in [5.74, 6) is 0.969. The van der Waals surface area contributed by atoms with Crippen molar-refractivity contribution in [3.8, 4) is 0 Å². The predicted octanol–water partition coefficient (Wildman–Crippen LogP) is 3.97. The average molecular weight is 301 g/mol. The highest BCUT2D eigenvalue weighted by Gasteiger charge is 2.28. The highest BCUT2D eigenvalue weighted by Crippen LogP contribution is 2.38. The van der Waals surface area contributed by atoms with Crippen molar-refractivity contribution in [2.24, 2.45) is 0 Å². The lowest BCUT2D eigenvalue weighted by molar-refractivity contribution is -0.384. The fourth-order valence-electron chi connectivity index (χ4n) is 2.20.